The molecule has 1 aliphatic heterocycles. The van der Waals surface area contributed by atoms with Crippen LogP contribution in [-0.4, -0.2) is 17.6 Å². The highest BCUT2D eigenvalue weighted by Crippen LogP contribution is 2.42. The molecule has 6 nitrogen and oxygen atoms in total. The molecule has 1 aliphatic rings. The van der Waals surface area contributed by atoms with Gasteiger partial charge in [0.15, 0.2) is 0 Å². The first-order chi connectivity index (χ1) is 17.9. The molecule has 1 aromatic heterocycles. The van der Waals surface area contributed by atoms with Crippen LogP contribution in [0.15, 0.2) is 87.9 Å². The largest absolute Gasteiger partial charge is 0.353 e. The molecule has 0 unspecified atom stereocenters. The molecule has 1 atom stereocenters. The van der Waals surface area contributed by atoms with E-state index >= 15 is 0 Å². The van der Waals surface area contributed by atoms with E-state index in [0.29, 0.717) is 21.9 Å². The molecule has 0 saturated heterocycles. The average molecular weight is 529 g/mol. The van der Waals surface area contributed by atoms with Crippen molar-refractivity contribution in [2.45, 2.75) is 33.1 Å². The van der Waals surface area contributed by atoms with Crippen LogP contribution in [0.25, 0.3) is 0 Å². The van der Waals surface area contributed by atoms with Gasteiger partial charge in [0.05, 0.1) is 28.3 Å². The number of para-hydroxylation sites is 1. The van der Waals surface area contributed by atoms with E-state index in [1.807, 2.05) is 79.9 Å². The Morgan fingerprint density at radius 3 is 2.46 bits per heavy atom. The molecule has 4 rings (SSSR count). The lowest BCUT2D eigenvalue weighted by atomic mass is 9.86. The standard InChI is InChI=1S/C29H28N4O2S2/c1-4-20-11-13-21(14-12-20)32-25(34)17-37-29-22(16-30)27(24-10-7-15-36-24)26(19(3)31-29)28(35)33-23-9-6-5-8-18(23)2/h5-15,27,31H,4,17H2,1-3H3,(H,32,34)(H,33,35)/t27-/m1/s1. The van der Waals surface area contributed by atoms with Crippen molar-refractivity contribution in [3.8, 4) is 6.07 Å². The summed E-state index contributed by atoms with van der Waals surface area (Å²) in [6.07, 6.45) is 0.935. The van der Waals surface area contributed by atoms with Crippen molar-refractivity contribution in [2.75, 3.05) is 16.4 Å². The number of allylic oxidation sites excluding steroid dienone is 2. The van der Waals surface area contributed by atoms with Gasteiger partial charge in [-0.1, -0.05) is 55.1 Å². The number of carbonyl (C=O) groups excluding carboxylic acids is 2. The molecule has 2 heterocycles. The minimum atomic E-state index is -0.526. The molecule has 0 bridgehead atoms. The number of aryl methyl sites for hydroxylation is 2. The monoisotopic (exact) mass is 528 g/mol. The van der Waals surface area contributed by atoms with E-state index in [0.717, 1.165) is 28.2 Å². The Morgan fingerprint density at radius 2 is 1.81 bits per heavy atom. The molecular formula is C29H28N4O2S2. The molecule has 3 aromatic rings. The first-order valence-electron chi connectivity index (χ1n) is 11.9. The Balaban J connectivity index is 1.56. The van der Waals surface area contributed by atoms with Gasteiger partial charge in [-0.2, -0.15) is 5.26 Å². The van der Waals surface area contributed by atoms with Gasteiger partial charge in [-0.15, -0.1) is 11.3 Å². The summed E-state index contributed by atoms with van der Waals surface area (Å²) in [7, 11) is 0. The zero-order chi connectivity index (χ0) is 26.4. The van der Waals surface area contributed by atoms with Crippen molar-refractivity contribution in [3.63, 3.8) is 0 Å². The molecule has 188 valence electrons. The van der Waals surface area contributed by atoms with Crippen LogP contribution in [0.2, 0.25) is 0 Å². The highest BCUT2D eigenvalue weighted by atomic mass is 32.2. The van der Waals surface area contributed by atoms with Crippen molar-refractivity contribution in [2.24, 2.45) is 0 Å². The van der Waals surface area contributed by atoms with Gasteiger partial charge in [0.2, 0.25) is 5.91 Å². The number of hydrogen-bond acceptors (Lipinski definition) is 6. The van der Waals surface area contributed by atoms with Crippen LogP contribution in [0.1, 0.15) is 35.8 Å². The smallest absolute Gasteiger partial charge is 0.254 e. The van der Waals surface area contributed by atoms with Gasteiger partial charge in [0.1, 0.15) is 0 Å². The topological polar surface area (TPSA) is 94.0 Å². The van der Waals surface area contributed by atoms with Crippen LogP contribution < -0.4 is 16.0 Å². The van der Waals surface area contributed by atoms with E-state index in [-0.39, 0.29) is 17.6 Å². The average Bonchev–Trinajstić information content (AvgIpc) is 3.43. The first kappa shape index (κ1) is 26.3. The van der Waals surface area contributed by atoms with Crippen molar-refractivity contribution in [1.29, 1.82) is 5.26 Å². The predicted octanol–water partition coefficient (Wildman–Crippen LogP) is 6.33. The van der Waals surface area contributed by atoms with Crippen LogP contribution in [-0.2, 0) is 16.0 Å². The van der Waals surface area contributed by atoms with Gasteiger partial charge in [-0.05, 0) is 61.0 Å². The Kier molecular flexibility index (Phi) is 8.49. The number of amides is 2. The van der Waals surface area contributed by atoms with E-state index in [4.69, 9.17) is 0 Å². The Bertz CT molecular complexity index is 1400. The normalized spacial score (nSPS) is 15.1. The molecule has 0 spiro atoms. The number of nitrogens with one attached hydrogen (secondary N) is 3. The molecule has 3 N–H and O–H groups in total. The van der Waals surface area contributed by atoms with E-state index in [9.17, 15) is 14.9 Å². The van der Waals surface area contributed by atoms with Crippen molar-refractivity contribution in [3.05, 3.63) is 104 Å². The number of rotatable bonds is 8. The molecular weight excluding hydrogens is 500 g/mol. The van der Waals surface area contributed by atoms with Crippen molar-refractivity contribution >= 4 is 46.3 Å². The third-order valence-corrected chi connectivity index (χ3v) is 8.06. The number of carbonyl (C=O) groups is 2. The lowest BCUT2D eigenvalue weighted by Gasteiger charge is -2.29. The van der Waals surface area contributed by atoms with E-state index in [1.165, 1.54) is 28.7 Å². The second-order valence-electron chi connectivity index (χ2n) is 8.62. The molecule has 0 fully saturated rings. The van der Waals surface area contributed by atoms with Gasteiger partial charge >= 0.3 is 0 Å². The summed E-state index contributed by atoms with van der Waals surface area (Å²) >= 11 is 2.76. The van der Waals surface area contributed by atoms with Crippen LogP contribution in [0.3, 0.4) is 0 Å². The number of thiophene rings is 1. The summed E-state index contributed by atoms with van der Waals surface area (Å²) in [5.41, 5.74) is 5.18. The van der Waals surface area contributed by atoms with Gasteiger partial charge in [0, 0.05) is 27.5 Å². The summed E-state index contributed by atoms with van der Waals surface area (Å²) in [6, 6.07) is 21.5. The van der Waals surface area contributed by atoms with Crippen molar-refractivity contribution in [1.82, 2.24) is 5.32 Å². The van der Waals surface area contributed by atoms with Crippen molar-refractivity contribution < 1.29 is 9.59 Å². The summed E-state index contributed by atoms with van der Waals surface area (Å²) in [5, 5.41) is 21.9. The summed E-state index contributed by atoms with van der Waals surface area (Å²) < 4.78 is 0. The fraction of sp³-hybridized carbons (Fsp3) is 0.207. The number of anilines is 2. The quantitative estimate of drug-likeness (QED) is 0.318. The second-order valence-corrected chi connectivity index (χ2v) is 10.6. The zero-order valence-corrected chi connectivity index (χ0v) is 22.6. The predicted molar refractivity (Wildman–Crippen MR) is 152 cm³/mol. The summed E-state index contributed by atoms with van der Waals surface area (Å²) in [4.78, 5) is 27.1. The third-order valence-electron chi connectivity index (χ3n) is 6.11. The van der Waals surface area contributed by atoms with Crippen LogP contribution in [0, 0.1) is 18.3 Å². The van der Waals surface area contributed by atoms with Gasteiger partial charge in [-0.3, -0.25) is 9.59 Å². The first-order valence-corrected chi connectivity index (χ1v) is 13.8. The molecule has 2 aromatic carbocycles. The minimum absolute atomic E-state index is 0.123. The zero-order valence-electron chi connectivity index (χ0n) is 20.9. The number of hydrogen-bond donors (Lipinski definition) is 3. The maximum absolute atomic E-state index is 13.5. The van der Waals surface area contributed by atoms with Crippen LogP contribution >= 0.6 is 23.1 Å². The molecule has 0 radical (unpaired) electrons. The van der Waals surface area contributed by atoms with E-state index in [1.54, 1.807) is 0 Å². The number of benzene rings is 2. The molecule has 8 heteroatoms. The van der Waals surface area contributed by atoms with Gasteiger partial charge < -0.3 is 16.0 Å². The molecule has 2 amide bonds. The van der Waals surface area contributed by atoms with E-state index < -0.39 is 5.92 Å². The minimum Gasteiger partial charge on any atom is -0.353 e. The maximum Gasteiger partial charge on any atom is 0.254 e. The highest BCUT2D eigenvalue weighted by molar-refractivity contribution is 8.03. The summed E-state index contributed by atoms with van der Waals surface area (Å²) in [6.45, 7) is 5.85. The third kappa shape index (κ3) is 6.13. The summed E-state index contributed by atoms with van der Waals surface area (Å²) in [5.74, 6) is -0.832. The number of nitrogens with zero attached hydrogens (tertiary/aromatic N) is 1. The van der Waals surface area contributed by atoms with Gasteiger partial charge in [0.25, 0.3) is 5.91 Å². The fourth-order valence-corrected chi connectivity index (χ4v) is 5.86. The van der Waals surface area contributed by atoms with Gasteiger partial charge in [-0.25, -0.2) is 0 Å². The Hall–Kier alpha value is -3.80. The second kappa shape index (κ2) is 12.0. The number of dihydropyridines is 1. The molecule has 0 saturated carbocycles. The molecule has 37 heavy (non-hydrogen) atoms. The number of nitriles is 1. The van der Waals surface area contributed by atoms with E-state index in [2.05, 4.69) is 28.9 Å². The maximum atomic E-state index is 13.5. The fourth-order valence-electron chi connectivity index (χ4n) is 4.13. The molecule has 0 aliphatic carbocycles. The van der Waals surface area contributed by atoms with Crippen LogP contribution in [0.5, 0.6) is 0 Å². The highest BCUT2D eigenvalue weighted by Gasteiger charge is 2.35. The number of thioether (sulfide) groups is 1. The lowest BCUT2D eigenvalue weighted by Crippen LogP contribution is -2.31. The Labute approximate surface area is 225 Å². The Morgan fingerprint density at radius 1 is 1.05 bits per heavy atom. The lowest BCUT2D eigenvalue weighted by molar-refractivity contribution is -0.114. The van der Waals surface area contributed by atoms with Crippen LogP contribution in [0.4, 0.5) is 11.4 Å². The SMILES string of the molecule is CCc1ccc(NC(=O)CSC2=C(C#N)[C@H](c3cccs3)C(C(=O)Nc3ccccc3C)=C(C)N2)cc1.